The van der Waals surface area contributed by atoms with Crippen LogP contribution in [-0.2, 0) is 9.53 Å². The summed E-state index contributed by atoms with van der Waals surface area (Å²) >= 11 is 0. The van der Waals surface area contributed by atoms with Gasteiger partial charge < -0.3 is 9.53 Å². The second kappa shape index (κ2) is 5.46. The summed E-state index contributed by atoms with van der Waals surface area (Å²) in [7, 11) is 0. The molecule has 0 spiro atoms. The summed E-state index contributed by atoms with van der Waals surface area (Å²) in [5.74, 6) is 0.0896. The maximum atomic E-state index is 11.0. The number of nitro benzene ring substituents is 1. The van der Waals surface area contributed by atoms with Crippen molar-refractivity contribution in [2.45, 2.75) is 32.2 Å². The molecule has 19 heavy (non-hydrogen) atoms. The average molecular weight is 264 g/mol. The van der Waals surface area contributed by atoms with Crippen molar-refractivity contribution in [1.29, 1.82) is 0 Å². The van der Waals surface area contributed by atoms with Crippen LogP contribution >= 0.6 is 0 Å². The van der Waals surface area contributed by atoms with Crippen molar-refractivity contribution in [3.63, 3.8) is 0 Å². The van der Waals surface area contributed by atoms with E-state index in [-0.39, 0.29) is 23.8 Å². The average Bonchev–Trinajstić information content (AvgIpc) is 2.41. The Morgan fingerprint density at radius 1 is 1.32 bits per heavy atom. The lowest BCUT2D eigenvalue weighted by Gasteiger charge is -2.38. The molecule has 0 aromatic heterocycles. The topological polar surface area (TPSA) is 81.5 Å². The fourth-order valence-corrected chi connectivity index (χ4v) is 2.11. The van der Waals surface area contributed by atoms with Gasteiger partial charge in [-0.2, -0.15) is 0 Å². The lowest BCUT2D eigenvalue weighted by Crippen LogP contribution is -2.50. The third kappa shape index (κ3) is 2.80. The van der Waals surface area contributed by atoms with Crippen molar-refractivity contribution in [2.75, 3.05) is 0 Å². The van der Waals surface area contributed by atoms with Crippen molar-refractivity contribution < 1.29 is 14.5 Å². The summed E-state index contributed by atoms with van der Waals surface area (Å²) in [5, 5.41) is 13.7. The molecule has 1 aliphatic heterocycles. The van der Waals surface area contributed by atoms with E-state index in [9.17, 15) is 14.9 Å². The minimum atomic E-state index is -0.447. The molecular formula is C13H16N2O4. The SMILES string of the molecule is C[C@H]1[C@H](C)O[C@H](c2ccc([N+](=O)[O-])cc2)N[C@@H]1C=O. The number of carbonyl (C=O) groups excluding carboxylic acids is 1. The van der Waals surface area contributed by atoms with Crippen molar-refractivity contribution in [3.05, 3.63) is 39.9 Å². The predicted octanol–water partition coefficient (Wildman–Crippen LogP) is 1.81. The number of hydrogen-bond donors (Lipinski definition) is 1. The van der Waals surface area contributed by atoms with Crippen molar-refractivity contribution in [2.24, 2.45) is 5.92 Å². The summed E-state index contributed by atoms with van der Waals surface area (Å²) in [5.41, 5.74) is 0.809. The Morgan fingerprint density at radius 2 is 1.95 bits per heavy atom. The Hall–Kier alpha value is -1.79. The predicted molar refractivity (Wildman–Crippen MR) is 68.5 cm³/mol. The van der Waals surface area contributed by atoms with Crippen LogP contribution in [0.2, 0.25) is 0 Å². The normalized spacial score (nSPS) is 30.8. The lowest BCUT2D eigenvalue weighted by molar-refractivity contribution is -0.384. The van der Waals surface area contributed by atoms with Gasteiger partial charge in [0.2, 0.25) is 0 Å². The number of carbonyl (C=O) groups is 1. The molecule has 0 saturated carbocycles. The highest BCUT2D eigenvalue weighted by Crippen LogP contribution is 2.28. The van der Waals surface area contributed by atoms with Gasteiger partial charge in [0.05, 0.1) is 17.1 Å². The number of hydrogen-bond acceptors (Lipinski definition) is 5. The van der Waals surface area contributed by atoms with Crippen LogP contribution < -0.4 is 5.32 Å². The van der Waals surface area contributed by atoms with E-state index < -0.39 is 11.2 Å². The van der Waals surface area contributed by atoms with E-state index in [1.54, 1.807) is 12.1 Å². The van der Waals surface area contributed by atoms with Gasteiger partial charge in [-0.15, -0.1) is 0 Å². The molecule has 0 radical (unpaired) electrons. The third-order valence-electron chi connectivity index (χ3n) is 3.55. The highest BCUT2D eigenvalue weighted by Gasteiger charge is 2.33. The number of rotatable bonds is 3. The molecule has 1 aromatic carbocycles. The molecule has 0 amide bonds. The summed E-state index contributed by atoms with van der Waals surface area (Å²) < 4.78 is 5.78. The number of aldehydes is 1. The molecule has 1 aliphatic rings. The fraction of sp³-hybridized carbons (Fsp3) is 0.462. The maximum absolute atomic E-state index is 11.0. The first-order chi connectivity index (χ1) is 9.02. The third-order valence-corrected chi connectivity index (χ3v) is 3.55. The van der Waals surface area contributed by atoms with Crippen LogP contribution in [0.3, 0.4) is 0 Å². The molecule has 1 fully saturated rings. The first-order valence-corrected chi connectivity index (χ1v) is 6.14. The second-order valence-electron chi connectivity index (χ2n) is 4.76. The minimum Gasteiger partial charge on any atom is -0.356 e. The number of nitrogens with zero attached hydrogens (tertiary/aromatic N) is 1. The van der Waals surface area contributed by atoms with Gasteiger partial charge in [0.15, 0.2) is 0 Å². The molecule has 2 rings (SSSR count). The van der Waals surface area contributed by atoms with E-state index in [4.69, 9.17) is 4.74 Å². The number of non-ortho nitro benzene ring substituents is 1. The molecular weight excluding hydrogens is 248 g/mol. The van der Waals surface area contributed by atoms with Gasteiger partial charge in [-0.1, -0.05) is 6.92 Å². The number of nitrogens with one attached hydrogen (secondary N) is 1. The van der Waals surface area contributed by atoms with E-state index in [1.165, 1.54) is 12.1 Å². The maximum Gasteiger partial charge on any atom is 0.269 e. The molecule has 4 atom stereocenters. The molecule has 0 bridgehead atoms. The smallest absolute Gasteiger partial charge is 0.269 e. The lowest BCUT2D eigenvalue weighted by atomic mass is 9.94. The van der Waals surface area contributed by atoms with Crippen molar-refractivity contribution in [1.82, 2.24) is 5.32 Å². The number of benzene rings is 1. The van der Waals surface area contributed by atoms with Crippen LogP contribution in [0.1, 0.15) is 25.6 Å². The van der Waals surface area contributed by atoms with Crippen LogP contribution in [0, 0.1) is 16.0 Å². The molecule has 0 aliphatic carbocycles. The highest BCUT2D eigenvalue weighted by molar-refractivity contribution is 5.58. The zero-order valence-electron chi connectivity index (χ0n) is 10.8. The molecule has 6 nitrogen and oxygen atoms in total. The van der Waals surface area contributed by atoms with Crippen LogP contribution in [-0.4, -0.2) is 23.4 Å². The summed E-state index contributed by atoms with van der Waals surface area (Å²) in [6, 6.07) is 5.86. The molecule has 102 valence electrons. The number of nitro groups is 1. The minimum absolute atomic E-state index is 0.0351. The van der Waals surface area contributed by atoms with Gasteiger partial charge >= 0.3 is 0 Å². The molecule has 1 saturated heterocycles. The van der Waals surface area contributed by atoms with Gasteiger partial charge in [0.1, 0.15) is 12.5 Å². The highest BCUT2D eigenvalue weighted by atomic mass is 16.6. The van der Waals surface area contributed by atoms with Gasteiger partial charge in [0, 0.05) is 18.1 Å². The summed E-state index contributed by atoms with van der Waals surface area (Å²) in [6.07, 6.45) is 0.404. The summed E-state index contributed by atoms with van der Waals surface area (Å²) in [6.45, 7) is 3.86. The first kappa shape index (κ1) is 13.6. The largest absolute Gasteiger partial charge is 0.356 e. The van der Waals surface area contributed by atoms with Gasteiger partial charge in [0.25, 0.3) is 5.69 Å². The molecule has 1 N–H and O–H groups in total. The molecule has 1 heterocycles. The number of ether oxygens (including phenoxy) is 1. The monoisotopic (exact) mass is 264 g/mol. The Balaban J connectivity index is 2.17. The Labute approximate surface area is 110 Å². The van der Waals surface area contributed by atoms with Crippen molar-refractivity contribution >= 4 is 12.0 Å². The Bertz CT molecular complexity index is 474. The van der Waals surface area contributed by atoms with Crippen molar-refractivity contribution in [3.8, 4) is 0 Å². The molecule has 0 unspecified atom stereocenters. The second-order valence-corrected chi connectivity index (χ2v) is 4.76. The van der Waals surface area contributed by atoms with E-state index in [2.05, 4.69) is 5.32 Å². The summed E-state index contributed by atoms with van der Waals surface area (Å²) in [4.78, 5) is 21.2. The fourth-order valence-electron chi connectivity index (χ4n) is 2.11. The Morgan fingerprint density at radius 3 is 2.47 bits per heavy atom. The molecule has 1 aromatic rings. The van der Waals surface area contributed by atoms with Gasteiger partial charge in [-0.05, 0) is 24.6 Å². The molecule has 6 heteroatoms. The van der Waals surface area contributed by atoms with E-state index in [0.717, 1.165) is 11.8 Å². The van der Waals surface area contributed by atoms with E-state index in [0.29, 0.717) is 0 Å². The first-order valence-electron chi connectivity index (χ1n) is 6.14. The standard InChI is InChI=1S/C13H16N2O4/c1-8-9(2)19-13(14-12(8)7-16)10-3-5-11(6-4-10)15(17)18/h3-9,12-14H,1-2H3/t8-,9-,12+,13+/m0/s1. The van der Waals surface area contributed by atoms with Gasteiger partial charge in [-0.3, -0.25) is 15.4 Å². The van der Waals surface area contributed by atoms with E-state index in [1.807, 2.05) is 13.8 Å². The zero-order chi connectivity index (χ0) is 14.0. The zero-order valence-corrected chi connectivity index (χ0v) is 10.8. The van der Waals surface area contributed by atoms with Gasteiger partial charge in [-0.25, -0.2) is 0 Å². The van der Waals surface area contributed by atoms with E-state index >= 15 is 0 Å². The van der Waals surface area contributed by atoms with Crippen LogP contribution in [0.25, 0.3) is 0 Å². The quantitative estimate of drug-likeness (QED) is 0.511. The van der Waals surface area contributed by atoms with Crippen LogP contribution in [0.15, 0.2) is 24.3 Å². The van der Waals surface area contributed by atoms with Crippen LogP contribution in [0.5, 0.6) is 0 Å². The van der Waals surface area contributed by atoms with Crippen LogP contribution in [0.4, 0.5) is 5.69 Å². The Kier molecular flexibility index (Phi) is 3.92.